The summed E-state index contributed by atoms with van der Waals surface area (Å²) in [6, 6.07) is 6.34. The molecular formula is C13H15N5O2. The first kappa shape index (κ1) is 13.6. The molecule has 0 radical (unpaired) electrons. The molecule has 1 heterocycles. The summed E-state index contributed by atoms with van der Waals surface area (Å²) in [6.07, 6.45) is 1.55. The monoisotopic (exact) mass is 273 g/mol. The van der Waals surface area contributed by atoms with E-state index in [1.165, 1.54) is 10.7 Å². The van der Waals surface area contributed by atoms with Crippen LogP contribution < -0.4 is 16.8 Å². The molecule has 7 nitrogen and oxygen atoms in total. The van der Waals surface area contributed by atoms with Crippen LogP contribution in [0.1, 0.15) is 27.8 Å². The van der Waals surface area contributed by atoms with Crippen molar-refractivity contribution in [2.45, 2.75) is 6.92 Å². The Labute approximate surface area is 115 Å². The smallest absolute Gasteiger partial charge is 0.269 e. The lowest BCUT2D eigenvalue weighted by Gasteiger charge is -2.10. The lowest BCUT2D eigenvalue weighted by Crippen LogP contribution is -2.24. The topological polar surface area (TPSA) is 116 Å². The van der Waals surface area contributed by atoms with E-state index in [1.807, 2.05) is 6.92 Å². The average Bonchev–Trinajstić information content (AvgIpc) is 2.88. The molecule has 0 bridgehead atoms. The van der Waals surface area contributed by atoms with Crippen LogP contribution in [0.5, 0.6) is 0 Å². The summed E-state index contributed by atoms with van der Waals surface area (Å²) in [5.74, 6) is -0.870. The quantitative estimate of drug-likeness (QED) is 0.695. The van der Waals surface area contributed by atoms with Crippen molar-refractivity contribution in [3.63, 3.8) is 0 Å². The minimum absolute atomic E-state index is 0.120. The van der Waals surface area contributed by atoms with E-state index in [4.69, 9.17) is 11.5 Å². The standard InChI is InChI=1S/C13H15N5O2/c1-2-16-13(20)9-4-3-8(14)7-11(9)18-6-5-10(17-18)12(15)19/h3-7H,2,14H2,1H3,(H2,15,19)(H,16,20). The molecule has 0 unspecified atom stereocenters. The largest absolute Gasteiger partial charge is 0.399 e. The number of rotatable bonds is 4. The molecule has 0 atom stereocenters. The van der Waals surface area contributed by atoms with Crippen LogP contribution in [0.4, 0.5) is 5.69 Å². The third-order valence-electron chi connectivity index (χ3n) is 2.69. The van der Waals surface area contributed by atoms with Gasteiger partial charge in [0.2, 0.25) is 0 Å². The van der Waals surface area contributed by atoms with E-state index in [2.05, 4.69) is 10.4 Å². The summed E-state index contributed by atoms with van der Waals surface area (Å²) in [5, 5.41) is 6.74. The molecule has 2 rings (SSSR count). The summed E-state index contributed by atoms with van der Waals surface area (Å²) in [7, 11) is 0. The third-order valence-corrected chi connectivity index (χ3v) is 2.69. The number of nitrogens with zero attached hydrogens (tertiary/aromatic N) is 2. The Balaban J connectivity index is 2.50. The minimum atomic E-state index is -0.632. The van der Waals surface area contributed by atoms with E-state index in [0.717, 1.165) is 0 Å². The highest BCUT2D eigenvalue weighted by Gasteiger charge is 2.14. The van der Waals surface area contributed by atoms with Crippen LogP contribution in [0.3, 0.4) is 0 Å². The number of benzene rings is 1. The average molecular weight is 273 g/mol. The molecule has 0 fully saturated rings. The SMILES string of the molecule is CCNC(=O)c1ccc(N)cc1-n1ccc(C(N)=O)n1. The normalized spacial score (nSPS) is 10.2. The first-order valence-corrected chi connectivity index (χ1v) is 6.06. The van der Waals surface area contributed by atoms with E-state index < -0.39 is 5.91 Å². The van der Waals surface area contributed by atoms with Crippen LogP contribution in [0.2, 0.25) is 0 Å². The summed E-state index contributed by atoms with van der Waals surface area (Å²) < 4.78 is 1.40. The van der Waals surface area contributed by atoms with E-state index in [-0.39, 0.29) is 11.6 Å². The predicted octanol–water partition coefficient (Wildman–Crippen LogP) is 0.303. The summed E-state index contributed by atoms with van der Waals surface area (Å²) >= 11 is 0. The number of carbonyl (C=O) groups is 2. The van der Waals surface area contributed by atoms with Gasteiger partial charge in [0.25, 0.3) is 11.8 Å². The molecule has 104 valence electrons. The fraction of sp³-hybridized carbons (Fsp3) is 0.154. The maximum atomic E-state index is 12.0. The number of nitrogens with two attached hydrogens (primary N) is 2. The van der Waals surface area contributed by atoms with Crippen LogP contribution >= 0.6 is 0 Å². The Morgan fingerprint density at radius 1 is 1.35 bits per heavy atom. The highest BCUT2D eigenvalue weighted by molar-refractivity contribution is 5.98. The molecule has 2 aromatic rings. The van der Waals surface area contributed by atoms with Gasteiger partial charge in [0, 0.05) is 18.4 Å². The molecule has 1 aromatic heterocycles. The Kier molecular flexibility index (Phi) is 3.69. The second kappa shape index (κ2) is 5.43. The van der Waals surface area contributed by atoms with Gasteiger partial charge in [-0.3, -0.25) is 9.59 Å². The van der Waals surface area contributed by atoms with E-state index >= 15 is 0 Å². The van der Waals surface area contributed by atoms with Crippen molar-refractivity contribution in [2.24, 2.45) is 5.73 Å². The van der Waals surface area contributed by atoms with Crippen molar-refractivity contribution < 1.29 is 9.59 Å². The van der Waals surface area contributed by atoms with Crippen molar-refractivity contribution in [3.05, 3.63) is 41.7 Å². The van der Waals surface area contributed by atoms with Gasteiger partial charge in [0.05, 0.1) is 11.3 Å². The van der Waals surface area contributed by atoms with Crippen molar-refractivity contribution >= 4 is 17.5 Å². The zero-order valence-electron chi connectivity index (χ0n) is 11.0. The Morgan fingerprint density at radius 2 is 2.10 bits per heavy atom. The van der Waals surface area contributed by atoms with Gasteiger partial charge in [0.15, 0.2) is 0 Å². The third kappa shape index (κ3) is 2.61. The van der Waals surface area contributed by atoms with Gasteiger partial charge in [-0.2, -0.15) is 5.10 Å². The number of amides is 2. The van der Waals surface area contributed by atoms with Crippen LogP contribution in [-0.2, 0) is 0 Å². The molecule has 0 aliphatic carbocycles. The fourth-order valence-corrected chi connectivity index (χ4v) is 1.78. The number of carbonyl (C=O) groups excluding carboxylic acids is 2. The zero-order valence-corrected chi connectivity index (χ0v) is 11.0. The van der Waals surface area contributed by atoms with Crippen molar-refractivity contribution in [1.29, 1.82) is 0 Å². The molecular weight excluding hydrogens is 258 g/mol. The second-order valence-electron chi connectivity index (χ2n) is 4.15. The number of aromatic nitrogens is 2. The van der Waals surface area contributed by atoms with Crippen LogP contribution in [0, 0.1) is 0 Å². The Bertz CT molecular complexity index is 663. The fourth-order valence-electron chi connectivity index (χ4n) is 1.78. The number of anilines is 1. The molecule has 7 heteroatoms. The van der Waals surface area contributed by atoms with Gasteiger partial charge in [-0.05, 0) is 31.2 Å². The van der Waals surface area contributed by atoms with Crippen LogP contribution in [-0.4, -0.2) is 28.1 Å². The van der Waals surface area contributed by atoms with Crippen molar-refractivity contribution in [1.82, 2.24) is 15.1 Å². The minimum Gasteiger partial charge on any atom is -0.399 e. The second-order valence-corrected chi connectivity index (χ2v) is 4.15. The zero-order chi connectivity index (χ0) is 14.7. The van der Waals surface area contributed by atoms with Gasteiger partial charge in [0.1, 0.15) is 5.69 Å². The molecule has 2 amide bonds. The van der Waals surface area contributed by atoms with Gasteiger partial charge in [-0.15, -0.1) is 0 Å². The number of primary amides is 1. The highest BCUT2D eigenvalue weighted by atomic mass is 16.2. The van der Waals surface area contributed by atoms with E-state index in [9.17, 15) is 9.59 Å². The van der Waals surface area contributed by atoms with Gasteiger partial charge < -0.3 is 16.8 Å². The van der Waals surface area contributed by atoms with Gasteiger partial charge >= 0.3 is 0 Å². The number of hydrogen-bond donors (Lipinski definition) is 3. The first-order chi connectivity index (χ1) is 9.52. The van der Waals surface area contributed by atoms with Crippen molar-refractivity contribution in [3.8, 4) is 5.69 Å². The highest BCUT2D eigenvalue weighted by Crippen LogP contribution is 2.18. The lowest BCUT2D eigenvalue weighted by atomic mass is 10.1. The lowest BCUT2D eigenvalue weighted by molar-refractivity contribution is 0.0954. The molecule has 0 aliphatic heterocycles. The molecule has 5 N–H and O–H groups in total. The summed E-state index contributed by atoms with van der Waals surface area (Å²) in [6.45, 7) is 2.34. The van der Waals surface area contributed by atoms with Gasteiger partial charge in [-0.25, -0.2) is 4.68 Å². The number of nitrogens with one attached hydrogen (secondary N) is 1. The van der Waals surface area contributed by atoms with Crippen molar-refractivity contribution in [2.75, 3.05) is 12.3 Å². The summed E-state index contributed by atoms with van der Waals surface area (Å²) in [5.41, 5.74) is 12.4. The van der Waals surface area contributed by atoms with Gasteiger partial charge in [-0.1, -0.05) is 0 Å². The number of nitrogen functional groups attached to an aromatic ring is 1. The summed E-state index contributed by atoms with van der Waals surface area (Å²) in [4.78, 5) is 23.1. The molecule has 0 spiro atoms. The first-order valence-electron chi connectivity index (χ1n) is 6.06. The molecule has 0 saturated carbocycles. The van der Waals surface area contributed by atoms with E-state index in [1.54, 1.807) is 24.4 Å². The van der Waals surface area contributed by atoms with Crippen LogP contribution in [0.25, 0.3) is 5.69 Å². The maximum absolute atomic E-state index is 12.0. The molecule has 0 aliphatic rings. The number of hydrogen-bond acceptors (Lipinski definition) is 4. The molecule has 0 saturated heterocycles. The van der Waals surface area contributed by atoms with Crippen LogP contribution in [0.15, 0.2) is 30.5 Å². The molecule has 20 heavy (non-hydrogen) atoms. The maximum Gasteiger partial charge on any atom is 0.269 e. The van der Waals surface area contributed by atoms with E-state index in [0.29, 0.717) is 23.5 Å². The predicted molar refractivity (Wildman–Crippen MR) is 74.5 cm³/mol. The Morgan fingerprint density at radius 3 is 2.70 bits per heavy atom. The Hall–Kier alpha value is -2.83. The molecule has 1 aromatic carbocycles.